The molecule has 1 saturated heterocycles. The van der Waals surface area contributed by atoms with E-state index in [-0.39, 0.29) is 5.43 Å². The van der Waals surface area contributed by atoms with Crippen LogP contribution in [0.4, 0.5) is 0 Å². The Balaban J connectivity index is 1.81. The molecule has 0 amide bonds. The third-order valence-electron chi connectivity index (χ3n) is 3.79. The fourth-order valence-corrected chi connectivity index (χ4v) is 2.74. The van der Waals surface area contributed by atoms with Crippen molar-refractivity contribution in [2.24, 2.45) is 5.92 Å². The van der Waals surface area contributed by atoms with E-state index in [9.17, 15) is 4.79 Å². The Hall–Kier alpha value is -1.62. The van der Waals surface area contributed by atoms with E-state index in [1.165, 1.54) is 13.0 Å². The number of fused-ring (bicyclic) bond motifs is 1. The molecule has 1 unspecified atom stereocenters. The summed E-state index contributed by atoms with van der Waals surface area (Å²) in [5.41, 5.74) is 0.797. The Bertz CT molecular complexity index is 600. The van der Waals surface area contributed by atoms with Gasteiger partial charge in [0.15, 0.2) is 5.43 Å². The largest absolute Gasteiger partial charge is 0.303 e. The fraction of sp³-hybridized carbons (Fsp3) is 0.538. The zero-order chi connectivity index (χ0) is 12.5. The number of pyridine rings is 1. The van der Waals surface area contributed by atoms with Crippen molar-refractivity contribution >= 4 is 5.65 Å². The van der Waals surface area contributed by atoms with Gasteiger partial charge < -0.3 is 4.90 Å². The number of hydrogen-bond donors (Lipinski definition) is 1. The number of aromatic amines is 1. The number of nitrogens with one attached hydrogen (secondary N) is 1. The van der Waals surface area contributed by atoms with Gasteiger partial charge in [-0.25, -0.2) is 0 Å². The van der Waals surface area contributed by atoms with Crippen molar-refractivity contribution in [3.8, 4) is 0 Å². The lowest BCUT2D eigenvalue weighted by atomic mass is 10.0. The first-order chi connectivity index (χ1) is 8.76. The van der Waals surface area contributed by atoms with Gasteiger partial charge in [0.1, 0.15) is 11.5 Å². The van der Waals surface area contributed by atoms with E-state index in [4.69, 9.17) is 0 Å². The quantitative estimate of drug-likeness (QED) is 0.875. The summed E-state index contributed by atoms with van der Waals surface area (Å²) in [5, 5.41) is 7.26. The van der Waals surface area contributed by atoms with Crippen LogP contribution in [0.3, 0.4) is 0 Å². The Morgan fingerprint density at radius 1 is 1.56 bits per heavy atom. The molecule has 1 atom stereocenters. The van der Waals surface area contributed by atoms with Crippen molar-refractivity contribution in [1.82, 2.24) is 19.5 Å². The SMILES string of the molecule is CCN1CCC(Cc2n[nH]c3cc(=O)ccn23)C1. The van der Waals surface area contributed by atoms with Gasteiger partial charge in [0.05, 0.1) is 0 Å². The van der Waals surface area contributed by atoms with E-state index >= 15 is 0 Å². The predicted octanol–water partition coefficient (Wildman–Crippen LogP) is 0.907. The minimum absolute atomic E-state index is 0.0169. The van der Waals surface area contributed by atoms with E-state index in [0.717, 1.165) is 31.0 Å². The van der Waals surface area contributed by atoms with Crippen molar-refractivity contribution < 1.29 is 0 Å². The van der Waals surface area contributed by atoms with Crippen LogP contribution in [0.25, 0.3) is 5.65 Å². The average molecular weight is 246 g/mol. The average Bonchev–Trinajstić information content (AvgIpc) is 2.97. The highest BCUT2D eigenvalue weighted by Gasteiger charge is 2.22. The van der Waals surface area contributed by atoms with E-state index in [2.05, 4.69) is 22.0 Å². The molecule has 96 valence electrons. The molecule has 5 nitrogen and oxygen atoms in total. The molecule has 2 aromatic heterocycles. The van der Waals surface area contributed by atoms with Crippen LogP contribution in [-0.2, 0) is 6.42 Å². The summed E-state index contributed by atoms with van der Waals surface area (Å²) in [6.45, 7) is 5.69. The second kappa shape index (κ2) is 4.57. The maximum absolute atomic E-state index is 11.3. The number of rotatable bonds is 3. The molecule has 0 bridgehead atoms. The van der Waals surface area contributed by atoms with Crippen LogP contribution in [0.2, 0.25) is 0 Å². The van der Waals surface area contributed by atoms with Gasteiger partial charge in [-0.15, -0.1) is 0 Å². The Labute approximate surface area is 105 Å². The smallest absolute Gasteiger partial charge is 0.183 e. The molecule has 18 heavy (non-hydrogen) atoms. The maximum atomic E-state index is 11.3. The van der Waals surface area contributed by atoms with Crippen LogP contribution in [0.15, 0.2) is 23.1 Å². The number of likely N-dealkylation sites (tertiary alicyclic amines) is 1. The molecule has 3 heterocycles. The molecule has 5 heteroatoms. The molecule has 0 aromatic carbocycles. The van der Waals surface area contributed by atoms with Crippen LogP contribution in [0.1, 0.15) is 19.2 Å². The van der Waals surface area contributed by atoms with Crippen molar-refractivity contribution in [2.45, 2.75) is 19.8 Å². The first-order valence-corrected chi connectivity index (χ1v) is 6.54. The summed E-state index contributed by atoms with van der Waals surface area (Å²) in [6.07, 6.45) is 4.02. The van der Waals surface area contributed by atoms with Crippen LogP contribution in [-0.4, -0.2) is 39.1 Å². The van der Waals surface area contributed by atoms with Crippen LogP contribution in [0.5, 0.6) is 0 Å². The fourth-order valence-electron chi connectivity index (χ4n) is 2.74. The summed E-state index contributed by atoms with van der Waals surface area (Å²) < 4.78 is 1.98. The van der Waals surface area contributed by atoms with Gasteiger partial charge in [0, 0.05) is 31.3 Å². The number of aromatic nitrogens is 3. The second-order valence-corrected chi connectivity index (χ2v) is 5.01. The van der Waals surface area contributed by atoms with E-state index in [1.54, 1.807) is 12.1 Å². The first kappa shape index (κ1) is 11.5. The van der Waals surface area contributed by atoms with Gasteiger partial charge in [-0.05, 0) is 25.4 Å². The minimum atomic E-state index is 0.0169. The zero-order valence-electron chi connectivity index (χ0n) is 10.6. The number of hydrogen-bond acceptors (Lipinski definition) is 3. The number of nitrogens with zero attached hydrogens (tertiary/aromatic N) is 3. The van der Waals surface area contributed by atoms with Crippen molar-refractivity contribution in [3.63, 3.8) is 0 Å². The molecule has 0 aliphatic carbocycles. The highest BCUT2D eigenvalue weighted by atomic mass is 16.1. The third-order valence-corrected chi connectivity index (χ3v) is 3.79. The molecule has 1 fully saturated rings. The van der Waals surface area contributed by atoms with Crippen molar-refractivity contribution in [1.29, 1.82) is 0 Å². The first-order valence-electron chi connectivity index (χ1n) is 6.54. The van der Waals surface area contributed by atoms with Crippen LogP contribution in [0, 0.1) is 5.92 Å². The van der Waals surface area contributed by atoms with Gasteiger partial charge in [-0.2, -0.15) is 5.10 Å². The molecule has 0 spiro atoms. The third kappa shape index (κ3) is 2.06. The highest BCUT2D eigenvalue weighted by Crippen LogP contribution is 2.19. The molecule has 2 aromatic rings. The zero-order valence-corrected chi connectivity index (χ0v) is 10.6. The summed E-state index contributed by atoms with van der Waals surface area (Å²) in [5.74, 6) is 1.70. The highest BCUT2D eigenvalue weighted by molar-refractivity contribution is 5.37. The van der Waals surface area contributed by atoms with E-state index in [0.29, 0.717) is 5.92 Å². The van der Waals surface area contributed by atoms with Gasteiger partial charge in [-0.3, -0.25) is 14.3 Å². The summed E-state index contributed by atoms with van der Waals surface area (Å²) >= 11 is 0. The van der Waals surface area contributed by atoms with Crippen molar-refractivity contribution in [2.75, 3.05) is 19.6 Å². The van der Waals surface area contributed by atoms with E-state index in [1.807, 2.05) is 10.6 Å². The van der Waals surface area contributed by atoms with Gasteiger partial charge in [0.25, 0.3) is 0 Å². The Morgan fingerprint density at radius 3 is 3.22 bits per heavy atom. The molecule has 1 N–H and O–H groups in total. The topological polar surface area (TPSA) is 53.4 Å². The van der Waals surface area contributed by atoms with E-state index < -0.39 is 0 Å². The molecule has 0 saturated carbocycles. The van der Waals surface area contributed by atoms with Gasteiger partial charge >= 0.3 is 0 Å². The molecule has 0 radical (unpaired) electrons. The van der Waals surface area contributed by atoms with Crippen molar-refractivity contribution in [3.05, 3.63) is 34.4 Å². The lowest BCUT2D eigenvalue weighted by Gasteiger charge is -2.12. The minimum Gasteiger partial charge on any atom is -0.303 e. The summed E-state index contributed by atoms with van der Waals surface area (Å²) in [6, 6.07) is 3.17. The summed E-state index contributed by atoms with van der Waals surface area (Å²) in [7, 11) is 0. The molecule has 1 aliphatic heterocycles. The summed E-state index contributed by atoms with van der Waals surface area (Å²) in [4.78, 5) is 13.7. The molecule has 1 aliphatic rings. The lowest BCUT2D eigenvalue weighted by Crippen LogP contribution is -2.20. The normalized spacial score (nSPS) is 20.8. The standard InChI is InChI=1S/C13H18N4O/c1-2-16-5-3-10(9-16)7-12-14-15-13-8-11(18)4-6-17(12)13/h4,6,8,10,15H,2-3,5,7,9H2,1H3. The Kier molecular flexibility index (Phi) is 2.91. The number of H-pyrrole nitrogens is 1. The maximum Gasteiger partial charge on any atom is 0.183 e. The van der Waals surface area contributed by atoms with Gasteiger partial charge in [0.2, 0.25) is 0 Å². The van der Waals surface area contributed by atoms with Gasteiger partial charge in [-0.1, -0.05) is 6.92 Å². The second-order valence-electron chi connectivity index (χ2n) is 5.01. The molecular formula is C13H18N4O. The Morgan fingerprint density at radius 2 is 2.44 bits per heavy atom. The monoisotopic (exact) mass is 246 g/mol. The lowest BCUT2D eigenvalue weighted by molar-refractivity contribution is 0.340. The predicted molar refractivity (Wildman–Crippen MR) is 69.7 cm³/mol. The molecule has 3 rings (SSSR count). The van der Waals surface area contributed by atoms with Crippen LogP contribution < -0.4 is 5.43 Å². The molecular weight excluding hydrogens is 228 g/mol. The van der Waals surface area contributed by atoms with Crippen LogP contribution >= 0.6 is 0 Å².